The molecule has 0 saturated heterocycles. The van der Waals surface area contributed by atoms with Crippen LogP contribution < -0.4 is 10.1 Å². The van der Waals surface area contributed by atoms with Gasteiger partial charge in [0.25, 0.3) is 0 Å². The number of fused-ring (bicyclic) bond motifs is 1. The van der Waals surface area contributed by atoms with Crippen molar-refractivity contribution in [3.8, 4) is 16.9 Å². The monoisotopic (exact) mass is 405 g/mol. The molecule has 0 fully saturated rings. The predicted molar refractivity (Wildman–Crippen MR) is 108 cm³/mol. The maximum Gasteiger partial charge on any atom is 0.247 e. The first-order chi connectivity index (χ1) is 13.4. The van der Waals surface area contributed by atoms with Crippen molar-refractivity contribution in [2.75, 3.05) is 26.7 Å². The first kappa shape index (κ1) is 20.7. The molecule has 0 aliphatic carbocycles. The minimum Gasteiger partial charge on any atom is -0.487 e. The fourth-order valence-electron chi connectivity index (χ4n) is 3.38. The molecule has 2 heterocycles. The van der Waals surface area contributed by atoms with E-state index in [-0.39, 0.29) is 30.1 Å². The number of nitrogens with zero attached hydrogens (tertiary/aromatic N) is 2. The molecule has 3 atom stereocenters. The number of benzene rings is 1. The van der Waals surface area contributed by atoms with Gasteiger partial charge in [0.1, 0.15) is 16.7 Å². The summed E-state index contributed by atoms with van der Waals surface area (Å²) >= 11 is 0. The van der Waals surface area contributed by atoms with Gasteiger partial charge >= 0.3 is 0 Å². The highest BCUT2D eigenvalue weighted by Crippen LogP contribution is 2.36. The van der Waals surface area contributed by atoms with Gasteiger partial charge in [0.2, 0.25) is 10.0 Å². The third-order valence-electron chi connectivity index (χ3n) is 5.07. The van der Waals surface area contributed by atoms with Gasteiger partial charge in [-0.25, -0.2) is 8.42 Å². The number of aromatic nitrogens is 1. The normalized spacial score (nSPS) is 23.1. The molecule has 3 rings (SSSR count). The number of aliphatic hydroxyl groups excluding tert-OH is 1. The Hall–Kier alpha value is -2.00. The van der Waals surface area contributed by atoms with Gasteiger partial charge in [-0.2, -0.15) is 4.31 Å². The molecule has 28 heavy (non-hydrogen) atoms. The topological polar surface area (TPSA) is 91.8 Å². The molecule has 1 aromatic carbocycles. The summed E-state index contributed by atoms with van der Waals surface area (Å²) in [5.74, 6) is 0.259. The highest BCUT2D eigenvalue weighted by atomic mass is 32.2. The Labute approximate surface area is 166 Å². The zero-order valence-electron chi connectivity index (χ0n) is 16.4. The third-order valence-corrected chi connectivity index (χ3v) is 7.09. The Morgan fingerprint density at radius 3 is 2.79 bits per heavy atom. The molecule has 2 aromatic rings. The number of hydrogen-bond donors (Lipinski definition) is 2. The Balaban J connectivity index is 2.14. The molecule has 1 aromatic heterocycles. The van der Waals surface area contributed by atoms with Crippen LogP contribution in [0.2, 0.25) is 0 Å². The van der Waals surface area contributed by atoms with Gasteiger partial charge in [-0.15, -0.1) is 0 Å². The molecule has 2 N–H and O–H groups in total. The van der Waals surface area contributed by atoms with Gasteiger partial charge in [-0.1, -0.05) is 19.1 Å². The van der Waals surface area contributed by atoms with E-state index < -0.39 is 16.1 Å². The van der Waals surface area contributed by atoms with Crippen LogP contribution in [0.3, 0.4) is 0 Å². The van der Waals surface area contributed by atoms with Crippen LogP contribution in [0.25, 0.3) is 11.1 Å². The Morgan fingerprint density at radius 1 is 1.36 bits per heavy atom. The van der Waals surface area contributed by atoms with E-state index >= 15 is 0 Å². The lowest BCUT2D eigenvalue weighted by Crippen LogP contribution is -2.49. The van der Waals surface area contributed by atoms with E-state index in [1.54, 1.807) is 37.5 Å². The van der Waals surface area contributed by atoms with E-state index in [9.17, 15) is 13.5 Å². The average molecular weight is 406 g/mol. The number of nitrogens with one attached hydrogen (secondary N) is 1. The van der Waals surface area contributed by atoms with Gasteiger partial charge in [0.05, 0.1) is 6.61 Å². The Bertz CT molecular complexity index is 905. The van der Waals surface area contributed by atoms with Crippen molar-refractivity contribution in [3.05, 3.63) is 42.7 Å². The predicted octanol–water partition coefficient (Wildman–Crippen LogP) is 1.74. The number of hydrogen-bond acceptors (Lipinski definition) is 6. The summed E-state index contributed by atoms with van der Waals surface area (Å²) < 4.78 is 34.3. The summed E-state index contributed by atoms with van der Waals surface area (Å²) in [5.41, 5.74) is 1.72. The summed E-state index contributed by atoms with van der Waals surface area (Å²) in [5, 5.41) is 12.7. The van der Waals surface area contributed by atoms with Gasteiger partial charge in [-0.3, -0.25) is 4.98 Å². The summed E-state index contributed by atoms with van der Waals surface area (Å²) in [6.45, 7) is 4.29. The van der Waals surface area contributed by atoms with E-state index in [0.717, 1.165) is 11.1 Å². The van der Waals surface area contributed by atoms with Crippen LogP contribution in [0, 0.1) is 5.92 Å². The minimum atomic E-state index is -3.81. The van der Waals surface area contributed by atoms with Gasteiger partial charge in [-0.05, 0) is 37.7 Å². The van der Waals surface area contributed by atoms with E-state index in [1.807, 2.05) is 26.1 Å². The Kier molecular flexibility index (Phi) is 6.34. The molecule has 0 bridgehead atoms. The lowest BCUT2D eigenvalue weighted by Gasteiger charge is -2.36. The number of sulfonamides is 1. The summed E-state index contributed by atoms with van der Waals surface area (Å²) in [6.07, 6.45) is 3.21. The van der Waals surface area contributed by atoms with E-state index in [1.165, 1.54) is 4.31 Å². The molecule has 0 amide bonds. The van der Waals surface area contributed by atoms with E-state index in [4.69, 9.17) is 4.74 Å². The number of rotatable bonds is 5. The van der Waals surface area contributed by atoms with Crippen molar-refractivity contribution in [2.45, 2.75) is 30.9 Å². The second kappa shape index (κ2) is 8.57. The van der Waals surface area contributed by atoms with Crippen LogP contribution >= 0.6 is 0 Å². The van der Waals surface area contributed by atoms with Gasteiger partial charge in [0, 0.05) is 43.0 Å². The van der Waals surface area contributed by atoms with Crippen LogP contribution in [-0.4, -0.2) is 61.7 Å². The number of ether oxygens (including phenoxy) is 1. The van der Waals surface area contributed by atoms with Crippen molar-refractivity contribution in [1.82, 2.24) is 14.6 Å². The van der Waals surface area contributed by atoms with Crippen molar-refractivity contribution in [1.29, 1.82) is 0 Å². The van der Waals surface area contributed by atoms with Crippen LogP contribution in [-0.2, 0) is 10.0 Å². The van der Waals surface area contributed by atoms with Crippen molar-refractivity contribution in [3.63, 3.8) is 0 Å². The number of pyridine rings is 1. The number of aliphatic hydroxyl groups is 1. The standard InChI is InChI=1S/C20H27N3O4S/c1-14-12-23(15(2)13-24)28(25,26)20-7-6-16(17-5-4-8-22-10-17)9-18(20)27-19(14)11-21-3/h4-10,14-15,19,21,24H,11-13H2,1-3H3/t14-,15+,19-/m1/s1. The second-order valence-electron chi connectivity index (χ2n) is 7.20. The number of likely N-dealkylation sites (N-methyl/N-ethyl adjacent to an activating group) is 1. The Morgan fingerprint density at radius 2 is 2.14 bits per heavy atom. The first-order valence-electron chi connectivity index (χ1n) is 9.37. The van der Waals surface area contributed by atoms with Gasteiger partial charge in [0.15, 0.2) is 0 Å². The maximum atomic E-state index is 13.3. The average Bonchev–Trinajstić information content (AvgIpc) is 2.70. The van der Waals surface area contributed by atoms with Crippen LogP contribution in [0.5, 0.6) is 5.75 Å². The van der Waals surface area contributed by atoms with Crippen molar-refractivity contribution >= 4 is 10.0 Å². The van der Waals surface area contributed by atoms with Crippen LogP contribution in [0.4, 0.5) is 0 Å². The molecule has 0 unspecified atom stereocenters. The molecular formula is C20H27N3O4S. The summed E-state index contributed by atoms with van der Waals surface area (Å²) in [6, 6.07) is 8.33. The quantitative estimate of drug-likeness (QED) is 0.787. The molecule has 7 nitrogen and oxygen atoms in total. The molecule has 0 radical (unpaired) electrons. The molecular weight excluding hydrogens is 378 g/mol. The van der Waals surface area contributed by atoms with E-state index in [2.05, 4.69) is 10.3 Å². The molecule has 0 saturated carbocycles. The fourth-order valence-corrected chi connectivity index (χ4v) is 5.21. The summed E-state index contributed by atoms with van der Waals surface area (Å²) in [7, 11) is -1.97. The second-order valence-corrected chi connectivity index (χ2v) is 9.06. The highest BCUT2D eigenvalue weighted by molar-refractivity contribution is 7.89. The van der Waals surface area contributed by atoms with Gasteiger partial charge < -0.3 is 15.2 Å². The lowest BCUT2D eigenvalue weighted by molar-refractivity contribution is 0.103. The molecule has 1 aliphatic heterocycles. The van der Waals surface area contributed by atoms with Crippen molar-refractivity contribution in [2.24, 2.45) is 5.92 Å². The summed E-state index contributed by atoms with van der Waals surface area (Å²) in [4.78, 5) is 4.25. The van der Waals surface area contributed by atoms with Crippen LogP contribution in [0.1, 0.15) is 13.8 Å². The zero-order chi connectivity index (χ0) is 20.3. The third kappa shape index (κ3) is 4.05. The fraction of sp³-hybridized carbons (Fsp3) is 0.450. The highest BCUT2D eigenvalue weighted by Gasteiger charge is 2.37. The smallest absolute Gasteiger partial charge is 0.247 e. The van der Waals surface area contributed by atoms with Crippen LogP contribution in [0.15, 0.2) is 47.6 Å². The first-order valence-corrected chi connectivity index (χ1v) is 10.8. The molecule has 152 valence electrons. The molecule has 0 spiro atoms. The SMILES string of the molecule is CNC[C@H]1Oc2cc(-c3cccnc3)ccc2S(=O)(=O)N([C@@H](C)CO)C[C@H]1C. The van der Waals surface area contributed by atoms with Crippen molar-refractivity contribution < 1.29 is 18.3 Å². The minimum absolute atomic E-state index is 0.0635. The van der Waals surface area contributed by atoms with E-state index in [0.29, 0.717) is 12.3 Å². The maximum absolute atomic E-state index is 13.3. The largest absolute Gasteiger partial charge is 0.487 e. The zero-order valence-corrected chi connectivity index (χ0v) is 17.2. The molecule has 1 aliphatic rings. The molecule has 8 heteroatoms. The lowest BCUT2D eigenvalue weighted by atomic mass is 10.0.